The van der Waals surface area contributed by atoms with Gasteiger partial charge in [-0.1, -0.05) is 0 Å². The van der Waals surface area contributed by atoms with E-state index in [-0.39, 0.29) is 19.5 Å². The standard InChI is InChI=1S/C10H13N3O3/c1-10(2,9(15)16)7-8(14)13(5-3-11)6-4-12/h5-7H2,1-2H3,(H,15,16). The van der Waals surface area contributed by atoms with E-state index in [9.17, 15) is 9.59 Å². The fourth-order valence-electron chi connectivity index (χ4n) is 0.968. The summed E-state index contributed by atoms with van der Waals surface area (Å²) in [5, 5.41) is 25.7. The van der Waals surface area contributed by atoms with Gasteiger partial charge in [-0.2, -0.15) is 10.5 Å². The molecule has 6 nitrogen and oxygen atoms in total. The van der Waals surface area contributed by atoms with Crippen LogP contribution in [0.25, 0.3) is 0 Å². The summed E-state index contributed by atoms with van der Waals surface area (Å²) in [5.74, 6) is -1.59. The molecule has 0 bridgehead atoms. The zero-order valence-electron chi connectivity index (χ0n) is 9.23. The van der Waals surface area contributed by atoms with Gasteiger partial charge >= 0.3 is 5.97 Å². The van der Waals surface area contributed by atoms with Gasteiger partial charge in [-0.3, -0.25) is 9.59 Å². The van der Waals surface area contributed by atoms with Gasteiger partial charge in [-0.05, 0) is 13.8 Å². The third kappa shape index (κ3) is 3.97. The number of amides is 1. The number of carbonyl (C=O) groups is 2. The molecule has 0 unspecified atom stereocenters. The highest BCUT2D eigenvalue weighted by molar-refractivity contribution is 5.84. The van der Waals surface area contributed by atoms with E-state index in [1.54, 1.807) is 12.1 Å². The van der Waals surface area contributed by atoms with Gasteiger partial charge < -0.3 is 10.0 Å². The molecule has 0 saturated heterocycles. The minimum absolute atomic E-state index is 0.206. The van der Waals surface area contributed by atoms with Crippen molar-refractivity contribution in [1.82, 2.24) is 4.90 Å². The largest absolute Gasteiger partial charge is 0.481 e. The Balaban J connectivity index is 4.61. The molecule has 0 atom stereocenters. The molecule has 0 radical (unpaired) electrons. The molecule has 0 aliphatic carbocycles. The lowest BCUT2D eigenvalue weighted by molar-refractivity contribution is -0.151. The van der Waals surface area contributed by atoms with Gasteiger partial charge in [-0.15, -0.1) is 0 Å². The number of hydrogen-bond donors (Lipinski definition) is 1. The van der Waals surface area contributed by atoms with Crippen molar-refractivity contribution in [1.29, 1.82) is 10.5 Å². The number of rotatable bonds is 5. The first kappa shape index (κ1) is 13.9. The molecule has 0 saturated carbocycles. The summed E-state index contributed by atoms with van der Waals surface area (Å²) in [6.45, 7) is 2.43. The third-order valence-electron chi connectivity index (χ3n) is 2.05. The molecule has 16 heavy (non-hydrogen) atoms. The molecule has 0 aromatic heterocycles. The van der Waals surface area contributed by atoms with Gasteiger partial charge in [0.2, 0.25) is 5.91 Å². The van der Waals surface area contributed by atoms with E-state index in [1.807, 2.05) is 0 Å². The number of hydrogen-bond acceptors (Lipinski definition) is 4. The Morgan fingerprint density at radius 1 is 1.25 bits per heavy atom. The number of aliphatic carboxylic acids is 1. The fourth-order valence-corrected chi connectivity index (χ4v) is 0.968. The molecule has 0 spiro atoms. The van der Waals surface area contributed by atoms with Gasteiger partial charge in [-0.25, -0.2) is 0 Å². The van der Waals surface area contributed by atoms with E-state index >= 15 is 0 Å². The van der Waals surface area contributed by atoms with Crippen LogP contribution in [0.5, 0.6) is 0 Å². The van der Waals surface area contributed by atoms with Crippen molar-refractivity contribution in [3.8, 4) is 12.1 Å². The minimum atomic E-state index is -1.19. The molecular weight excluding hydrogens is 210 g/mol. The van der Waals surface area contributed by atoms with Gasteiger partial charge in [0.25, 0.3) is 0 Å². The van der Waals surface area contributed by atoms with Crippen LogP contribution >= 0.6 is 0 Å². The smallest absolute Gasteiger partial charge is 0.309 e. The van der Waals surface area contributed by atoms with Crippen LogP contribution in [0.15, 0.2) is 0 Å². The number of carboxylic acid groups (broad SMARTS) is 1. The summed E-state index contributed by atoms with van der Waals surface area (Å²) in [5.41, 5.74) is -1.19. The van der Waals surface area contributed by atoms with Crippen molar-refractivity contribution in [2.45, 2.75) is 20.3 Å². The molecule has 0 aliphatic heterocycles. The number of carbonyl (C=O) groups excluding carboxylic acids is 1. The second-order valence-corrected chi connectivity index (χ2v) is 3.93. The Kier molecular flexibility index (Phi) is 4.97. The van der Waals surface area contributed by atoms with Crippen molar-refractivity contribution in [3.63, 3.8) is 0 Å². The van der Waals surface area contributed by atoms with Crippen LogP contribution in [0.2, 0.25) is 0 Å². The zero-order valence-corrected chi connectivity index (χ0v) is 9.23. The normalized spacial score (nSPS) is 10.0. The van der Waals surface area contributed by atoms with Crippen molar-refractivity contribution in [3.05, 3.63) is 0 Å². The van der Waals surface area contributed by atoms with Crippen LogP contribution in [0.1, 0.15) is 20.3 Å². The average molecular weight is 223 g/mol. The van der Waals surface area contributed by atoms with E-state index in [0.717, 1.165) is 4.90 Å². The molecule has 0 heterocycles. The van der Waals surface area contributed by atoms with Crippen LogP contribution in [-0.4, -0.2) is 35.0 Å². The minimum Gasteiger partial charge on any atom is -0.481 e. The highest BCUT2D eigenvalue weighted by Crippen LogP contribution is 2.21. The van der Waals surface area contributed by atoms with Gasteiger partial charge in [0.15, 0.2) is 0 Å². The van der Waals surface area contributed by atoms with Crippen LogP contribution in [0.3, 0.4) is 0 Å². The van der Waals surface area contributed by atoms with Crippen molar-refractivity contribution < 1.29 is 14.7 Å². The SMILES string of the molecule is CC(C)(CC(=O)N(CC#N)CC#N)C(=O)O. The molecule has 0 aromatic carbocycles. The first-order valence-corrected chi connectivity index (χ1v) is 4.60. The van der Waals surface area contributed by atoms with Crippen molar-refractivity contribution in [2.75, 3.05) is 13.1 Å². The molecule has 86 valence electrons. The predicted octanol–water partition coefficient (Wildman–Crippen LogP) is 0.363. The Hall–Kier alpha value is -2.08. The topological polar surface area (TPSA) is 105 Å². The highest BCUT2D eigenvalue weighted by atomic mass is 16.4. The second-order valence-electron chi connectivity index (χ2n) is 3.93. The molecule has 0 rings (SSSR count). The Bertz CT molecular complexity index is 346. The van der Waals surface area contributed by atoms with Gasteiger partial charge in [0.1, 0.15) is 13.1 Å². The molecule has 1 N–H and O–H groups in total. The molecule has 0 fully saturated rings. The lowest BCUT2D eigenvalue weighted by atomic mass is 9.89. The number of nitrogens with zero attached hydrogens (tertiary/aromatic N) is 3. The van der Waals surface area contributed by atoms with Gasteiger partial charge in [0.05, 0.1) is 17.6 Å². The molecule has 0 aliphatic rings. The van der Waals surface area contributed by atoms with Crippen molar-refractivity contribution in [2.24, 2.45) is 5.41 Å². The maximum Gasteiger partial charge on any atom is 0.309 e. The summed E-state index contributed by atoms with van der Waals surface area (Å²) in [4.78, 5) is 23.4. The number of nitriles is 2. The predicted molar refractivity (Wildman–Crippen MR) is 53.8 cm³/mol. The molecule has 0 aromatic rings. The van der Waals surface area contributed by atoms with E-state index in [0.29, 0.717) is 0 Å². The summed E-state index contributed by atoms with van der Waals surface area (Å²) in [6, 6.07) is 3.51. The number of carboxylic acids is 1. The zero-order chi connectivity index (χ0) is 12.8. The lowest BCUT2D eigenvalue weighted by Crippen LogP contribution is -2.37. The summed E-state index contributed by atoms with van der Waals surface area (Å²) < 4.78 is 0. The van der Waals surface area contributed by atoms with Crippen LogP contribution in [0.4, 0.5) is 0 Å². The Morgan fingerprint density at radius 3 is 2.00 bits per heavy atom. The molecular formula is C10H13N3O3. The lowest BCUT2D eigenvalue weighted by Gasteiger charge is -2.22. The summed E-state index contributed by atoms with van der Waals surface area (Å²) in [7, 11) is 0. The quantitative estimate of drug-likeness (QED) is 0.677. The van der Waals surface area contributed by atoms with Crippen LogP contribution < -0.4 is 0 Å². The van der Waals surface area contributed by atoms with Crippen LogP contribution in [-0.2, 0) is 9.59 Å². The average Bonchev–Trinajstić information content (AvgIpc) is 2.16. The summed E-state index contributed by atoms with van der Waals surface area (Å²) >= 11 is 0. The molecule has 1 amide bonds. The second kappa shape index (κ2) is 5.72. The monoisotopic (exact) mass is 223 g/mol. The fraction of sp³-hybridized carbons (Fsp3) is 0.600. The maximum absolute atomic E-state index is 11.6. The third-order valence-corrected chi connectivity index (χ3v) is 2.05. The van der Waals surface area contributed by atoms with Crippen LogP contribution in [0, 0.1) is 28.1 Å². The van der Waals surface area contributed by atoms with E-state index < -0.39 is 17.3 Å². The van der Waals surface area contributed by atoms with Crippen molar-refractivity contribution >= 4 is 11.9 Å². The van der Waals surface area contributed by atoms with E-state index in [4.69, 9.17) is 15.6 Å². The first-order chi connectivity index (χ1) is 7.35. The van der Waals surface area contributed by atoms with E-state index in [1.165, 1.54) is 13.8 Å². The highest BCUT2D eigenvalue weighted by Gasteiger charge is 2.31. The maximum atomic E-state index is 11.6. The Morgan fingerprint density at radius 2 is 1.69 bits per heavy atom. The first-order valence-electron chi connectivity index (χ1n) is 4.60. The molecule has 6 heteroatoms. The van der Waals surface area contributed by atoms with E-state index in [2.05, 4.69) is 0 Å². The van der Waals surface area contributed by atoms with Gasteiger partial charge in [0, 0.05) is 6.42 Å². The summed E-state index contributed by atoms with van der Waals surface area (Å²) in [6.07, 6.45) is -0.230. The Labute approximate surface area is 93.7 Å².